The minimum atomic E-state index is 0.114. The highest BCUT2D eigenvalue weighted by Crippen LogP contribution is 2.19. The maximum absolute atomic E-state index is 13.4. The van der Waals surface area contributed by atoms with Crippen molar-refractivity contribution in [2.45, 2.75) is 45.8 Å². The molecule has 0 saturated carbocycles. The Balaban J connectivity index is 1.59. The van der Waals surface area contributed by atoms with Crippen LogP contribution in [-0.2, 0) is 30.7 Å². The third-order valence-electron chi connectivity index (χ3n) is 5.65. The van der Waals surface area contributed by atoms with Gasteiger partial charge in [-0.15, -0.1) is 0 Å². The van der Waals surface area contributed by atoms with Gasteiger partial charge in [-0.1, -0.05) is 72.8 Å². The Bertz CT molecular complexity index is 1130. The summed E-state index contributed by atoms with van der Waals surface area (Å²) in [5.41, 5.74) is 4.38. The van der Waals surface area contributed by atoms with Gasteiger partial charge >= 0.3 is 0 Å². The molecule has 0 radical (unpaired) electrons. The molecule has 0 aliphatic heterocycles. The van der Waals surface area contributed by atoms with E-state index in [4.69, 9.17) is 4.98 Å². The van der Waals surface area contributed by atoms with Crippen molar-refractivity contribution in [1.29, 1.82) is 0 Å². The van der Waals surface area contributed by atoms with Crippen LogP contribution in [0.1, 0.15) is 30.8 Å². The topological polar surface area (TPSA) is 38.1 Å². The van der Waals surface area contributed by atoms with Crippen LogP contribution < -0.4 is 0 Å². The molecule has 4 nitrogen and oxygen atoms in total. The molecule has 31 heavy (non-hydrogen) atoms. The molecular formula is C27H29N3O. The van der Waals surface area contributed by atoms with Crippen LogP contribution in [0.4, 0.5) is 0 Å². The number of imidazole rings is 1. The van der Waals surface area contributed by atoms with Crippen molar-refractivity contribution in [3.63, 3.8) is 0 Å². The van der Waals surface area contributed by atoms with Gasteiger partial charge in [-0.25, -0.2) is 4.98 Å². The van der Waals surface area contributed by atoms with E-state index in [2.05, 4.69) is 60.9 Å². The Kier molecular flexibility index (Phi) is 6.46. The van der Waals surface area contributed by atoms with Crippen molar-refractivity contribution in [1.82, 2.24) is 14.5 Å². The second kappa shape index (κ2) is 9.61. The van der Waals surface area contributed by atoms with Gasteiger partial charge in [0.25, 0.3) is 0 Å². The number of hydrogen-bond donors (Lipinski definition) is 0. The van der Waals surface area contributed by atoms with Crippen LogP contribution in [-0.4, -0.2) is 26.4 Å². The molecule has 1 aromatic heterocycles. The van der Waals surface area contributed by atoms with Crippen LogP contribution >= 0.6 is 0 Å². The Labute approximate surface area is 184 Å². The van der Waals surface area contributed by atoms with E-state index in [1.807, 2.05) is 47.4 Å². The molecule has 0 aliphatic rings. The summed E-state index contributed by atoms with van der Waals surface area (Å²) in [6, 6.07) is 28.8. The van der Waals surface area contributed by atoms with Gasteiger partial charge in [0.2, 0.25) is 5.91 Å². The third kappa shape index (κ3) is 5.02. The van der Waals surface area contributed by atoms with E-state index in [9.17, 15) is 4.79 Å². The molecule has 0 spiro atoms. The lowest BCUT2D eigenvalue weighted by Gasteiger charge is -2.27. The smallest absolute Gasteiger partial charge is 0.243 e. The average Bonchev–Trinajstić information content (AvgIpc) is 3.14. The Morgan fingerprint density at radius 1 is 0.839 bits per heavy atom. The molecule has 0 atom stereocenters. The van der Waals surface area contributed by atoms with Crippen molar-refractivity contribution in [2.75, 3.05) is 0 Å². The van der Waals surface area contributed by atoms with Gasteiger partial charge in [0.05, 0.1) is 11.0 Å². The highest BCUT2D eigenvalue weighted by molar-refractivity contribution is 5.81. The van der Waals surface area contributed by atoms with Crippen molar-refractivity contribution < 1.29 is 4.79 Å². The predicted molar refractivity (Wildman–Crippen MR) is 126 cm³/mol. The van der Waals surface area contributed by atoms with E-state index in [-0.39, 0.29) is 11.9 Å². The summed E-state index contributed by atoms with van der Waals surface area (Å²) >= 11 is 0. The number of hydrogen-bond acceptors (Lipinski definition) is 2. The van der Waals surface area contributed by atoms with E-state index in [0.717, 1.165) is 35.3 Å². The van der Waals surface area contributed by atoms with E-state index < -0.39 is 0 Å². The first-order valence-corrected chi connectivity index (χ1v) is 10.9. The lowest BCUT2D eigenvalue weighted by Crippen LogP contribution is -2.38. The average molecular weight is 412 g/mol. The summed E-state index contributed by atoms with van der Waals surface area (Å²) in [4.78, 5) is 20.2. The van der Waals surface area contributed by atoms with Gasteiger partial charge in [0.15, 0.2) is 0 Å². The van der Waals surface area contributed by atoms with Crippen LogP contribution in [0.5, 0.6) is 0 Å². The molecule has 4 heteroatoms. The zero-order valence-electron chi connectivity index (χ0n) is 18.2. The quantitative estimate of drug-likeness (QED) is 0.397. The molecule has 0 bridgehead atoms. The second-order valence-electron chi connectivity index (χ2n) is 8.19. The van der Waals surface area contributed by atoms with Gasteiger partial charge in [-0.3, -0.25) is 4.79 Å². The molecule has 1 amide bonds. The van der Waals surface area contributed by atoms with E-state index in [1.165, 1.54) is 5.56 Å². The van der Waals surface area contributed by atoms with Crippen LogP contribution in [0.2, 0.25) is 0 Å². The number of aryl methyl sites for hydroxylation is 2. The van der Waals surface area contributed by atoms with Crippen LogP contribution in [0, 0.1) is 0 Å². The van der Waals surface area contributed by atoms with Crippen LogP contribution in [0.25, 0.3) is 11.0 Å². The molecular weight excluding hydrogens is 382 g/mol. The molecule has 0 unspecified atom stereocenters. The summed E-state index contributed by atoms with van der Waals surface area (Å²) < 4.78 is 2.10. The number of carbonyl (C=O) groups excluding carboxylic acids is 1. The number of para-hydroxylation sites is 2. The van der Waals surface area contributed by atoms with Crippen molar-refractivity contribution >= 4 is 16.9 Å². The van der Waals surface area contributed by atoms with Crippen molar-refractivity contribution in [3.8, 4) is 0 Å². The molecule has 0 fully saturated rings. The lowest BCUT2D eigenvalue weighted by atomic mass is 10.1. The summed E-state index contributed by atoms with van der Waals surface area (Å²) in [6.07, 6.45) is 1.70. The monoisotopic (exact) mass is 411 g/mol. The Morgan fingerprint density at radius 2 is 1.45 bits per heavy atom. The zero-order chi connectivity index (χ0) is 21.6. The fourth-order valence-corrected chi connectivity index (χ4v) is 3.96. The first-order chi connectivity index (χ1) is 15.1. The van der Waals surface area contributed by atoms with Gasteiger partial charge in [0.1, 0.15) is 12.4 Å². The fourth-order valence-electron chi connectivity index (χ4n) is 3.96. The number of nitrogens with zero attached hydrogens (tertiary/aromatic N) is 3. The third-order valence-corrected chi connectivity index (χ3v) is 5.65. The van der Waals surface area contributed by atoms with Crippen LogP contribution in [0.15, 0.2) is 84.9 Å². The van der Waals surface area contributed by atoms with Crippen LogP contribution in [0.3, 0.4) is 0 Å². The van der Waals surface area contributed by atoms with Crippen molar-refractivity contribution in [3.05, 3.63) is 102 Å². The molecule has 1 heterocycles. The first kappa shape index (κ1) is 20.9. The molecule has 0 saturated heterocycles. The summed E-state index contributed by atoms with van der Waals surface area (Å²) in [5.74, 6) is 1.07. The largest absolute Gasteiger partial charge is 0.334 e. The van der Waals surface area contributed by atoms with E-state index in [1.54, 1.807) is 0 Å². The number of fused-ring (bicyclic) bond motifs is 1. The minimum absolute atomic E-state index is 0.114. The van der Waals surface area contributed by atoms with Gasteiger partial charge in [0, 0.05) is 19.0 Å². The fraction of sp³-hybridized carbons (Fsp3) is 0.259. The van der Waals surface area contributed by atoms with Gasteiger partial charge < -0.3 is 9.47 Å². The number of carbonyl (C=O) groups is 1. The normalized spacial score (nSPS) is 11.2. The molecule has 0 aliphatic carbocycles. The number of aromatic nitrogens is 2. The maximum Gasteiger partial charge on any atom is 0.243 e. The predicted octanol–water partition coefficient (Wildman–Crippen LogP) is 5.26. The molecule has 0 N–H and O–H groups in total. The van der Waals surface area contributed by atoms with Crippen molar-refractivity contribution in [2.24, 2.45) is 0 Å². The number of benzene rings is 3. The summed E-state index contributed by atoms with van der Waals surface area (Å²) in [7, 11) is 0. The van der Waals surface area contributed by atoms with Gasteiger partial charge in [-0.2, -0.15) is 0 Å². The SMILES string of the molecule is CC(C)N(Cc1ccccc1)C(=O)Cn1c(CCc2ccccc2)nc2ccccc21. The van der Waals surface area contributed by atoms with E-state index in [0.29, 0.717) is 13.1 Å². The Hall–Kier alpha value is -3.40. The molecule has 4 aromatic rings. The lowest BCUT2D eigenvalue weighted by molar-refractivity contribution is -0.134. The zero-order valence-corrected chi connectivity index (χ0v) is 18.2. The minimum Gasteiger partial charge on any atom is -0.334 e. The molecule has 158 valence electrons. The number of rotatable bonds is 8. The van der Waals surface area contributed by atoms with Gasteiger partial charge in [-0.05, 0) is 43.5 Å². The number of amides is 1. The standard InChI is InChI=1S/C27H29N3O/c1-21(2)29(19-23-13-7-4-8-14-23)27(31)20-30-25-16-10-9-15-24(25)28-26(30)18-17-22-11-5-3-6-12-22/h3-16,21H,17-20H2,1-2H3. The Morgan fingerprint density at radius 3 is 2.13 bits per heavy atom. The first-order valence-electron chi connectivity index (χ1n) is 10.9. The second-order valence-corrected chi connectivity index (χ2v) is 8.19. The highest BCUT2D eigenvalue weighted by atomic mass is 16.2. The molecule has 4 rings (SSSR count). The summed E-state index contributed by atoms with van der Waals surface area (Å²) in [5, 5.41) is 0. The summed E-state index contributed by atoms with van der Waals surface area (Å²) in [6.45, 7) is 5.06. The highest BCUT2D eigenvalue weighted by Gasteiger charge is 2.20. The maximum atomic E-state index is 13.4. The van der Waals surface area contributed by atoms with E-state index >= 15 is 0 Å². The molecule has 3 aromatic carbocycles.